The molecule has 2 aromatic carbocycles. The molecule has 2 fully saturated rings. The van der Waals surface area contributed by atoms with E-state index >= 15 is 0 Å². The summed E-state index contributed by atoms with van der Waals surface area (Å²) < 4.78 is 52.6. The number of nitrogens with zero attached hydrogens (tertiary/aromatic N) is 7. The van der Waals surface area contributed by atoms with Crippen molar-refractivity contribution in [2.24, 2.45) is 5.10 Å². The van der Waals surface area contributed by atoms with E-state index in [0.29, 0.717) is 76.0 Å². The fraction of sp³-hybridized carbons (Fsp3) is 0.357. The monoisotopic (exact) mass is 566 g/mol. The molecule has 4 heterocycles. The van der Waals surface area contributed by atoms with Gasteiger partial charge in [-0.3, -0.25) is 0 Å². The number of anilines is 3. The van der Waals surface area contributed by atoms with E-state index in [1.54, 1.807) is 12.3 Å². The van der Waals surface area contributed by atoms with Crippen molar-refractivity contribution in [3.05, 3.63) is 71.4 Å². The molecule has 4 aromatic rings. The highest BCUT2D eigenvalue weighted by molar-refractivity contribution is 5.99. The smallest absolute Gasteiger partial charge is 0.378 e. The van der Waals surface area contributed by atoms with Crippen molar-refractivity contribution in [2.75, 3.05) is 67.8 Å². The molecule has 2 aliphatic heterocycles. The average Bonchev–Trinajstić information content (AvgIpc) is 3.34. The topological polar surface area (TPSA) is 92.9 Å². The summed E-state index contributed by atoms with van der Waals surface area (Å²) in [4.78, 5) is 18.0. The van der Waals surface area contributed by atoms with Gasteiger partial charge in [0.25, 0.3) is 0 Å². The van der Waals surface area contributed by atoms with Crippen molar-refractivity contribution in [2.45, 2.75) is 12.7 Å². The van der Waals surface area contributed by atoms with Crippen LogP contribution in [0.15, 0.2) is 59.8 Å². The maximum absolute atomic E-state index is 13.2. The van der Waals surface area contributed by atoms with Crippen LogP contribution in [0.1, 0.15) is 16.7 Å². The summed E-state index contributed by atoms with van der Waals surface area (Å²) in [6, 6.07) is 13.1. The van der Waals surface area contributed by atoms with Gasteiger partial charge in [0.1, 0.15) is 0 Å². The Hall–Kier alpha value is -4.23. The summed E-state index contributed by atoms with van der Waals surface area (Å²) in [6.07, 6.45) is -0.851. The quantitative estimate of drug-likeness (QED) is 0.265. The Morgan fingerprint density at radius 1 is 0.854 bits per heavy atom. The molecule has 2 aromatic heterocycles. The lowest BCUT2D eigenvalue weighted by Crippen LogP contribution is -2.40. The average molecular weight is 567 g/mol. The standard InChI is InChI=1S/C28H29F3N8O2/c29-28(30,31)22-5-3-4-20(16-22)18-39-19-21(23-6-1-2-7-24(23)39)17-32-36-25-33-26(37-8-12-40-13-9-37)35-27(34-25)38-10-14-41-15-11-38/h1-7,16-17,19H,8-15,18H2,(H,33,34,35,36)/b32-17+. The Morgan fingerprint density at radius 2 is 1.51 bits per heavy atom. The van der Waals surface area contributed by atoms with Gasteiger partial charge in [-0.15, -0.1) is 0 Å². The van der Waals surface area contributed by atoms with Crippen molar-refractivity contribution < 1.29 is 22.6 Å². The first kappa shape index (κ1) is 27.0. The van der Waals surface area contributed by atoms with Gasteiger partial charge in [-0.25, -0.2) is 5.43 Å². The Morgan fingerprint density at radius 3 is 2.17 bits per heavy atom. The molecule has 6 rings (SSSR count). The van der Waals surface area contributed by atoms with Crippen LogP contribution in [0.2, 0.25) is 0 Å². The second-order valence-corrected chi connectivity index (χ2v) is 9.76. The van der Waals surface area contributed by atoms with Crippen molar-refractivity contribution in [3.8, 4) is 0 Å². The molecule has 0 saturated carbocycles. The van der Waals surface area contributed by atoms with Gasteiger partial charge in [-0.05, 0) is 23.8 Å². The molecule has 0 atom stereocenters. The maximum atomic E-state index is 13.2. The molecular formula is C28H29F3N8O2. The zero-order chi connectivity index (χ0) is 28.2. The van der Waals surface area contributed by atoms with Crippen LogP contribution in [0.4, 0.5) is 31.0 Å². The number of ether oxygens (including phenoxy) is 2. The number of para-hydroxylation sites is 1. The lowest BCUT2D eigenvalue weighted by Gasteiger charge is -2.30. The van der Waals surface area contributed by atoms with Crippen molar-refractivity contribution >= 4 is 35.0 Å². The summed E-state index contributed by atoms with van der Waals surface area (Å²) >= 11 is 0. The second kappa shape index (κ2) is 11.7. The Balaban J connectivity index is 1.25. The molecule has 10 nitrogen and oxygen atoms in total. The number of aromatic nitrogens is 4. The van der Waals surface area contributed by atoms with Gasteiger partial charge >= 0.3 is 6.18 Å². The first-order valence-corrected chi connectivity index (χ1v) is 13.4. The summed E-state index contributed by atoms with van der Waals surface area (Å²) in [6.45, 7) is 5.41. The number of hydrazone groups is 1. The molecule has 2 saturated heterocycles. The number of fused-ring (bicyclic) bond motifs is 1. The van der Waals surface area contributed by atoms with Crippen LogP contribution in [-0.2, 0) is 22.2 Å². The number of nitrogens with one attached hydrogen (secondary N) is 1. The molecule has 0 unspecified atom stereocenters. The minimum atomic E-state index is -4.39. The third kappa shape index (κ3) is 6.25. The van der Waals surface area contributed by atoms with Gasteiger partial charge in [0.15, 0.2) is 0 Å². The van der Waals surface area contributed by atoms with Gasteiger partial charge in [0, 0.05) is 55.4 Å². The van der Waals surface area contributed by atoms with Gasteiger partial charge in [-0.2, -0.15) is 33.2 Å². The molecule has 13 heteroatoms. The van der Waals surface area contributed by atoms with Crippen LogP contribution < -0.4 is 15.2 Å². The van der Waals surface area contributed by atoms with E-state index in [1.165, 1.54) is 12.1 Å². The predicted octanol–water partition coefficient (Wildman–Crippen LogP) is 4.01. The molecule has 41 heavy (non-hydrogen) atoms. The molecule has 0 spiro atoms. The fourth-order valence-corrected chi connectivity index (χ4v) is 4.92. The highest BCUT2D eigenvalue weighted by atomic mass is 19.4. The number of halogens is 3. The van der Waals surface area contributed by atoms with E-state index < -0.39 is 11.7 Å². The number of benzene rings is 2. The van der Waals surface area contributed by atoms with Gasteiger partial charge < -0.3 is 23.8 Å². The van der Waals surface area contributed by atoms with E-state index in [9.17, 15) is 13.2 Å². The fourth-order valence-electron chi connectivity index (χ4n) is 4.92. The summed E-state index contributed by atoms with van der Waals surface area (Å²) in [5.41, 5.74) is 4.53. The molecule has 0 radical (unpaired) electrons. The molecule has 1 N–H and O–H groups in total. The number of hydrogen-bond donors (Lipinski definition) is 1. The summed E-state index contributed by atoms with van der Waals surface area (Å²) in [7, 11) is 0. The van der Waals surface area contributed by atoms with Crippen molar-refractivity contribution in [3.63, 3.8) is 0 Å². The zero-order valence-corrected chi connectivity index (χ0v) is 22.2. The maximum Gasteiger partial charge on any atom is 0.416 e. The Bertz CT molecular complexity index is 1490. The van der Waals surface area contributed by atoms with Crippen LogP contribution in [0, 0.1) is 0 Å². The summed E-state index contributed by atoms with van der Waals surface area (Å²) in [5, 5.41) is 5.35. The van der Waals surface area contributed by atoms with Crippen LogP contribution in [0.3, 0.4) is 0 Å². The van der Waals surface area contributed by atoms with Gasteiger partial charge in [-0.1, -0.05) is 30.3 Å². The molecule has 0 aliphatic carbocycles. The SMILES string of the molecule is FC(F)(F)c1cccc(Cn2cc(/C=N/Nc3nc(N4CCOCC4)nc(N4CCOCC4)n3)c3ccccc32)c1. The predicted molar refractivity (Wildman–Crippen MR) is 150 cm³/mol. The minimum absolute atomic E-state index is 0.283. The number of hydrogen-bond acceptors (Lipinski definition) is 9. The van der Waals surface area contributed by atoms with Crippen LogP contribution >= 0.6 is 0 Å². The minimum Gasteiger partial charge on any atom is -0.378 e. The van der Waals surface area contributed by atoms with E-state index in [2.05, 4.69) is 30.3 Å². The lowest BCUT2D eigenvalue weighted by molar-refractivity contribution is -0.137. The van der Waals surface area contributed by atoms with Crippen molar-refractivity contribution in [1.82, 2.24) is 19.5 Å². The molecule has 0 amide bonds. The zero-order valence-electron chi connectivity index (χ0n) is 22.2. The molecule has 214 valence electrons. The molecule has 0 bridgehead atoms. The van der Waals surface area contributed by atoms with E-state index in [1.807, 2.05) is 35.0 Å². The highest BCUT2D eigenvalue weighted by Crippen LogP contribution is 2.30. The number of alkyl halides is 3. The first-order valence-electron chi connectivity index (χ1n) is 13.4. The highest BCUT2D eigenvalue weighted by Gasteiger charge is 2.30. The number of morpholine rings is 2. The number of rotatable bonds is 7. The van der Waals surface area contributed by atoms with Crippen molar-refractivity contribution in [1.29, 1.82) is 0 Å². The summed E-state index contributed by atoms with van der Waals surface area (Å²) in [5.74, 6) is 1.42. The van der Waals surface area contributed by atoms with Crippen LogP contribution in [-0.4, -0.2) is 78.3 Å². The first-order chi connectivity index (χ1) is 19.9. The second-order valence-electron chi connectivity index (χ2n) is 9.76. The Kier molecular flexibility index (Phi) is 7.70. The van der Waals surface area contributed by atoms with Gasteiger partial charge in [0.2, 0.25) is 17.8 Å². The lowest BCUT2D eigenvalue weighted by atomic mass is 10.1. The van der Waals surface area contributed by atoms with E-state index in [0.717, 1.165) is 22.5 Å². The molecule has 2 aliphatic rings. The van der Waals surface area contributed by atoms with Crippen LogP contribution in [0.25, 0.3) is 10.9 Å². The third-order valence-electron chi connectivity index (χ3n) is 6.99. The van der Waals surface area contributed by atoms with Crippen LogP contribution in [0.5, 0.6) is 0 Å². The third-order valence-corrected chi connectivity index (χ3v) is 6.99. The largest absolute Gasteiger partial charge is 0.416 e. The van der Waals surface area contributed by atoms with Gasteiger partial charge in [0.05, 0.1) is 38.2 Å². The Labute approximate surface area is 234 Å². The normalized spacial score (nSPS) is 16.6. The van der Waals surface area contributed by atoms with E-state index in [-0.39, 0.29) is 6.54 Å². The molecular weight excluding hydrogens is 537 g/mol. The van der Waals surface area contributed by atoms with E-state index in [4.69, 9.17) is 14.5 Å².